The van der Waals surface area contributed by atoms with Crippen LogP contribution in [0.15, 0.2) is 18.2 Å². The Morgan fingerprint density at radius 1 is 1.31 bits per heavy atom. The molecular weight excluding hydrogens is 205 g/mol. The van der Waals surface area contributed by atoms with Crippen LogP contribution >= 0.6 is 0 Å². The minimum absolute atomic E-state index is 0.0618. The van der Waals surface area contributed by atoms with Gasteiger partial charge in [-0.1, -0.05) is 13.0 Å². The third-order valence-corrected chi connectivity index (χ3v) is 2.47. The van der Waals surface area contributed by atoms with E-state index >= 15 is 0 Å². The van der Waals surface area contributed by atoms with Gasteiger partial charge < -0.3 is 10.5 Å². The van der Waals surface area contributed by atoms with Crippen LogP contribution in [0.25, 0.3) is 0 Å². The van der Waals surface area contributed by atoms with Gasteiger partial charge in [0.1, 0.15) is 11.6 Å². The number of halogens is 1. The van der Waals surface area contributed by atoms with Gasteiger partial charge in [-0.2, -0.15) is 0 Å². The van der Waals surface area contributed by atoms with Gasteiger partial charge in [-0.25, -0.2) is 4.39 Å². The molecule has 0 saturated heterocycles. The molecule has 1 unspecified atom stereocenters. The number of nitrogens with two attached hydrogens (primary N) is 1. The third kappa shape index (κ3) is 3.49. The van der Waals surface area contributed by atoms with Crippen LogP contribution in [0.5, 0.6) is 5.75 Å². The van der Waals surface area contributed by atoms with E-state index in [9.17, 15) is 4.39 Å². The van der Waals surface area contributed by atoms with Crippen LogP contribution in [0.4, 0.5) is 4.39 Å². The second-order valence-corrected chi connectivity index (χ2v) is 4.33. The van der Waals surface area contributed by atoms with E-state index in [1.807, 2.05) is 26.8 Å². The zero-order valence-electron chi connectivity index (χ0n) is 10.2. The second-order valence-electron chi connectivity index (χ2n) is 4.33. The van der Waals surface area contributed by atoms with E-state index in [-0.39, 0.29) is 17.8 Å². The summed E-state index contributed by atoms with van der Waals surface area (Å²) in [6.07, 6.45) is 0.855. The molecule has 16 heavy (non-hydrogen) atoms. The molecule has 0 aliphatic heterocycles. The van der Waals surface area contributed by atoms with Gasteiger partial charge in [0.2, 0.25) is 0 Å². The molecule has 2 nitrogen and oxygen atoms in total. The first-order valence-corrected chi connectivity index (χ1v) is 5.70. The van der Waals surface area contributed by atoms with Gasteiger partial charge in [-0.3, -0.25) is 0 Å². The van der Waals surface area contributed by atoms with Gasteiger partial charge in [0.15, 0.2) is 0 Å². The fourth-order valence-corrected chi connectivity index (χ4v) is 1.66. The van der Waals surface area contributed by atoms with Crippen molar-refractivity contribution in [1.29, 1.82) is 0 Å². The second kappa shape index (κ2) is 5.85. The van der Waals surface area contributed by atoms with Crippen LogP contribution in [0.3, 0.4) is 0 Å². The first-order chi connectivity index (χ1) is 7.54. The topological polar surface area (TPSA) is 35.2 Å². The average Bonchev–Trinajstić information content (AvgIpc) is 2.16. The molecule has 1 aromatic rings. The van der Waals surface area contributed by atoms with Crippen LogP contribution in [-0.2, 0) is 0 Å². The quantitative estimate of drug-likeness (QED) is 0.835. The van der Waals surface area contributed by atoms with E-state index in [2.05, 4.69) is 0 Å². The van der Waals surface area contributed by atoms with E-state index in [1.165, 1.54) is 6.07 Å². The Morgan fingerprint density at radius 3 is 2.50 bits per heavy atom. The molecule has 0 saturated carbocycles. The number of benzene rings is 1. The minimum atomic E-state index is -0.209. The lowest BCUT2D eigenvalue weighted by molar-refractivity contribution is 0.241. The molecule has 1 rings (SSSR count). The van der Waals surface area contributed by atoms with Crippen molar-refractivity contribution in [2.45, 2.75) is 39.2 Å². The van der Waals surface area contributed by atoms with Crippen LogP contribution in [0.1, 0.15) is 38.7 Å². The Labute approximate surface area is 96.6 Å². The summed E-state index contributed by atoms with van der Waals surface area (Å²) in [5, 5.41) is 0. The summed E-state index contributed by atoms with van der Waals surface area (Å²) in [5.41, 5.74) is 6.18. The van der Waals surface area contributed by atoms with Crippen molar-refractivity contribution in [2.75, 3.05) is 6.54 Å². The summed E-state index contributed by atoms with van der Waals surface area (Å²) >= 11 is 0. The first kappa shape index (κ1) is 13.0. The van der Waals surface area contributed by atoms with Crippen molar-refractivity contribution in [1.82, 2.24) is 0 Å². The molecule has 1 atom stereocenters. The summed E-state index contributed by atoms with van der Waals surface area (Å²) in [4.78, 5) is 0. The Bertz CT molecular complexity index is 339. The molecule has 2 N–H and O–H groups in total. The highest BCUT2D eigenvalue weighted by Crippen LogP contribution is 2.25. The van der Waals surface area contributed by atoms with Crippen molar-refractivity contribution in [3.63, 3.8) is 0 Å². The van der Waals surface area contributed by atoms with Crippen molar-refractivity contribution in [3.8, 4) is 5.75 Å². The Balaban J connectivity index is 2.82. The summed E-state index contributed by atoms with van der Waals surface area (Å²) in [5.74, 6) is 0.522. The molecule has 0 amide bonds. The highest BCUT2D eigenvalue weighted by molar-refractivity contribution is 5.31. The van der Waals surface area contributed by atoms with Crippen molar-refractivity contribution in [3.05, 3.63) is 29.6 Å². The molecule has 0 fully saturated rings. The Kier molecular flexibility index (Phi) is 4.74. The van der Waals surface area contributed by atoms with Gasteiger partial charge in [0.25, 0.3) is 0 Å². The fourth-order valence-electron chi connectivity index (χ4n) is 1.66. The summed E-state index contributed by atoms with van der Waals surface area (Å²) < 4.78 is 19.2. The lowest BCUT2D eigenvalue weighted by Crippen LogP contribution is -2.08. The number of hydrogen-bond donors (Lipinski definition) is 1. The molecule has 0 aliphatic rings. The van der Waals surface area contributed by atoms with Gasteiger partial charge in [-0.15, -0.1) is 0 Å². The highest BCUT2D eigenvalue weighted by atomic mass is 19.1. The van der Waals surface area contributed by atoms with Crippen molar-refractivity contribution in [2.24, 2.45) is 5.73 Å². The van der Waals surface area contributed by atoms with Gasteiger partial charge in [0, 0.05) is 6.07 Å². The van der Waals surface area contributed by atoms with E-state index in [4.69, 9.17) is 10.5 Å². The van der Waals surface area contributed by atoms with Crippen LogP contribution in [0.2, 0.25) is 0 Å². The van der Waals surface area contributed by atoms with Gasteiger partial charge in [0.05, 0.1) is 6.10 Å². The maximum absolute atomic E-state index is 13.8. The smallest absolute Gasteiger partial charge is 0.130 e. The first-order valence-electron chi connectivity index (χ1n) is 5.70. The molecule has 0 aliphatic carbocycles. The average molecular weight is 225 g/mol. The van der Waals surface area contributed by atoms with E-state index in [0.29, 0.717) is 17.9 Å². The fraction of sp³-hybridized carbons (Fsp3) is 0.538. The maximum Gasteiger partial charge on any atom is 0.130 e. The molecular formula is C13H20FNO. The van der Waals surface area contributed by atoms with Crippen molar-refractivity contribution < 1.29 is 9.13 Å². The zero-order chi connectivity index (χ0) is 12.1. The highest BCUT2D eigenvalue weighted by Gasteiger charge is 2.11. The molecule has 0 bridgehead atoms. The predicted molar refractivity (Wildman–Crippen MR) is 64.3 cm³/mol. The van der Waals surface area contributed by atoms with E-state index < -0.39 is 0 Å². The number of ether oxygens (including phenoxy) is 1. The zero-order valence-corrected chi connectivity index (χ0v) is 10.2. The largest absolute Gasteiger partial charge is 0.491 e. The molecule has 90 valence electrons. The van der Waals surface area contributed by atoms with Crippen LogP contribution in [-0.4, -0.2) is 12.6 Å². The third-order valence-electron chi connectivity index (χ3n) is 2.47. The van der Waals surface area contributed by atoms with Gasteiger partial charge in [-0.05, 0) is 44.4 Å². The van der Waals surface area contributed by atoms with Crippen LogP contribution in [0, 0.1) is 5.82 Å². The molecule has 1 aromatic carbocycles. The Hall–Kier alpha value is -1.09. The molecule has 0 heterocycles. The molecule has 0 radical (unpaired) electrons. The standard InChI is InChI=1S/C13H20FNO/c1-9(2)16-11-4-5-12(13(14)8-11)10(3)6-7-15/h4-5,8-10H,6-7,15H2,1-3H3. The summed E-state index contributed by atoms with van der Waals surface area (Å²) in [6, 6.07) is 5.04. The molecule has 0 aromatic heterocycles. The van der Waals surface area contributed by atoms with Crippen molar-refractivity contribution >= 4 is 0 Å². The number of rotatable bonds is 5. The monoisotopic (exact) mass is 225 g/mol. The predicted octanol–water partition coefficient (Wildman–Crippen LogP) is 3.07. The molecule has 3 heteroatoms. The summed E-state index contributed by atoms with van der Waals surface area (Å²) in [7, 11) is 0. The lowest BCUT2D eigenvalue weighted by atomic mass is 9.97. The Morgan fingerprint density at radius 2 is 2.00 bits per heavy atom. The number of hydrogen-bond acceptors (Lipinski definition) is 2. The lowest BCUT2D eigenvalue weighted by Gasteiger charge is -2.14. The normalized spacial score (nSPS) is 12.9. The molecule has 0 spiro atoms. The van der Waals surface area contributed by atoms with Gasteiger partial charge >= 0.3 is 0 Å². The SMILES string of the molecule is CC(C)Oc1ccc(C(C)CCN)c(F)c1. The maximum atomic E-state index is 13.8. The van der Waals surface area contributed by atoms with E-state index in [1.54, 1.807) is 6.07 Å². The van der Waals surface area contributed by atoms with E-state index in [0.717, 1.165) is 6.42 Å². The van der Waals surface area contributed by atoms with Crippen LogP contribution < -0.4 is 10.5 Å². The summed E-state index contributed by atoms with van der Waals surface area (Å²) in [6.45, 7) is 6.39. The minimum Gasteiger partial charge on any atom is -0.491 e.